The van der Waals surface area contributed by atoms with Crippen LogP contribution in [0.2, 0.25) is 0 Å². The third-order valence-electron chi connectivity index (χ3n) is 3.34. The molecule has 106 valence electrons. The number of ether oxygens (including phenoxy) is 1. The molecule has 0 saturated carbocycles. The summed E-state index contributed by atoms with van der Waals surface area (Å²) in [7, 11) is 1.55. The van der Waals surface area contributed by atoms with Crippen LogP contribution < -0.4 is 16.2 Å². The van der Waals surface area contributed by atoms with Crippen molar-refractivity contribution in [3.8, 4) is 5.75 Å². The van der Waals surface area contributed by atoms with Gasteiger partial charge in [0.15, 0.2) is 0 Å². The Balaban J connectivity index is 3.08. The maximum atomic E-state index is 11.5. The summed E-state index contributed by atoms with van der Waals surface area (Å²) >= 11 is 0. The molecule has 0 aliphatic carbocycles. The van der Waals surface area contributed by atoms with Gasteiger partial charge < -0.3 is 21.3 Å². The van der Waals surface area contributed by atoms with Gasteiger partial charge in [-0.1, -0.05) is 13.3 Å². The molecule has 1 unspecified atom stereocenters. The minimum absolute atomic E-state index is 0.104. The highest BCUT2D eigenvalue weighted by molar-refractivity contribution is 5.75. The molecule has 5 N–H and O–H groups in total. The number of benzene rings is 1. The summed E-state index contributed by atoms with van der Waals surface area (Å²) < 4.78 is 5.15. The van der Waals surface area contributed by atoms with E-state index in [1.54, 1.807) is 25.3 Å². The molecule has 1 atom stereocenters. The number of nitrogens with two attached hydrogens (primary N) is 2. The third kappa shape index (κ3) is 3.61. The van der Waals surface area contributed by atoms with E-state index in [0.717, 1.165) is 12.0 Å². The molecule has 0 aliphatic heterocycles. The molecule has 0 bridgehead atoms. The van der Waals surface area contributed by atoms with Gasteiger partial charge in [0.1, 0.15) is 5.75 Å². The Morgan fingerprint density at radius 2 is 2.11 bits per heavy atom. The number of aliphatic carboxylic acids is 1. The lowest BCUT2D eigenvalue weighted by Gasteiger charge is -2.27. The molecule has 0 saturated heterocycles. The first-order chi connectivity index (χ1) is 8.97. The van der Waals surface area contributed by atoms with E-state index in [-0.39, 0.29) is 6.54 Å². The first kappa shape index (κ1) is 15.3. The zero-order valence-electron chi connectivity index (χ0n) is 11.5. The Morgan fingerprint density at radius 3 is 2.58 bits per heavy atom. The van der Waals surface area contributed by atoms with Crippen LogP contribution in [0.1, 0.15) is 25.3 Å². The summed E-state index contributed by atoms with van der Waals surface area (Å²) in [6.45, 7) is 2.06. The van der Waals surface area contributed by atoms with Crippen molar-refractivity contribution < 1.29 is 14.6 Å². The fourth-order valence-corrected chi connectivity index (χ4v) is 2.31. The molecule has 1 aromatic carbocycles. The van der Waals surface area contributed by atoms with Crippen molar-refractivity contribution in [2.75, 3.05) is 19.4 Å². The third-order valence-corrected chi connectivity index (χ3v) is 3.34. The summed E-state index contributed by atoms with van der Waals surface area (Å²) in [6.07, 6.45) is 1.66. The molecule has 1 aromatic rings. The maximum absolute atomic E-state index is 11.5. The lowest BCUT2D eigenvalue weighted by Crippen LogP contribution is -2.40. The van der Waals surface area contributed by atoms with Crippen LogP contribution in [0.3, 0.4) is 0 Å². The number of nitrogen functional groups attached to an aromatic ring is 1. The van der Waals surface area contributed by atoms with Crippen LogP contribution in [0.15, 0.2) is 18.2 Å². The summed E-state index contributed by atoms with van der Waals surface area (Å²) in [5, 5.41) is 9.47. The van der Waals surface area contributed by atoms with Gasteiger partial charge in [-0.2, -0.15) is 0 Å². The van der Waals surface area contributed by atoms with Crippen LogP contribution in [0, 0.1) is 5.41 Å². The largest absolute Gasteiger partial charge is 0.497 e. The van der Waals surface area contributed by atoms with Crippen molar-refractivity contribution in [1.82, 2.24) is 0 Å². The molecule has 0 aromatic heterocycles. The van der Waals surface area contributed by atoms with Gasteiger partial charge in [0.05, 0.1) is 12.5 Å². The summed E-state index contributed by atoms with van der Waals surface area (Å²) in [4.78, 5) is 11.5. The molecule has 0 heterocycles. The predicted octanol–water partition coefficient (Wildman–Crippen LogP) is 1.65. The van der Waals surface area contributed by atoms with Crippen LogP contribution >= 0.6 is 0 Å². The Kier molecular flexibility index (Phi) is 5.18. The second-order valence-electron chi connectivity index (χ2n) is 4.83. The number of carboxylic acids is 1. The number of hydrogen-bond donors (Lipinski definition) is 3. The normalized spacial score (nSPS) is 13.8. The van der Waals surface area contributed by atoms with E-state index in [4.69, 9.17) is 16.2 Å². The number of methoxy groups -OCH3 is 1. The number of carbonyl (C=O) groups is 1. The molecule has 5 nitrogen and oxygen atoms in total. The van der Waals surface area contributed by atoms with Crippen molar-refractivity contribution in [3.05, 3.63) is 23.8 Å². The lowest BCUT2D eigenvalue weighted by atomic mass is 9.78. The van der Waals surface area contributed by atoms with E-state index >= 15 is 0 Å². The molecule has 0 aliphatic rings. The monoisotopic (exact) mass is 266 g/mol. The first-order valence-electron chi connectivity index (χ1n) is 6.34. The Bertz CT molecular complexity index is 448. The van der Waals surface area contributed by atoms with E-state index in [9.17, 15) is 9.90 Å². The first-order valence-corrected chi connectivity index (χ1v) is 6.34. The zero-order valence-corrected chi connectivity index (χ0v) is 11.5. The molecule has 0 fully saturated rings. The van der Waals surface area contributed by atoms with E-state index in [0.29, 0.717) is 24.3 Å². The van der Waals surface area contributed by atoms with Gasteiger partial charge in [0.2, 0.25) is 0 Å². The Hall–Kier alpha value is -1.75. The van der Waals surface area contributed by atoms with Gasteiger partial charge in [0, 0.05) is 18.3 Å². The average molecular weight is 266 g/mol. The SMILES string of the molecule is CCCC(CN)(Cc1cc(N)cc(OC)c1)C(=O)O. The van der Waals surface area contributed by atoms with Gasteiger partial charge in [-0.05, 0) is 30.5 Å². The van der Waals surface area contributed by atoms with Crippen LogP contribution in [-0.4, -0.2) is 24.7 Å². The summed E-state index contributed by atoms with van der Waals surface area (Å²) in [6, 6.07) is 5.28. The average Bonchev–Trinajstić information content (AvgIpc) is 2.37. The van der Waals surface area contributed by atoms with Gasteiger partial charge in [-0.25, -0.2) is 0 Å². The molecular formula is C14H22N2O3. The number of rotatable bonds is 7. The van der Waals surface area contributed by atoms with Crippen molar-refractivity contribution in [1.29, 1.82) is 0 Å². The van der Waals surface area contributed by atoms with Crippen LogP contribution in [0.5, 0.6) is 5.75 Å². The second kappa shape index (κ2) is 6.43. The molecule has 1 rings (SSSR count). The van der Waals surface area contributed by atoms with Crippen LogP contribution in [-0.2, 0) is 11.2 Å². The standard InChI is InChI=1S/C14H22N2O3/c1-3-4-14(9-15,13(17)18)8-10-5-11(16)7-12(6-10)19-2/h5-7H,3-4,8-9,15-16H2,1-2H3,(H,17,18). The molecule has 0 spiro atoms. The minimum Gasteiger partial charge on any atom is -0.497 e. The summed E-state index contributed by atoms with van der Waals surface area (Å²) in [5.41, 5.74) is 11.9. The highest BCUT2D eigenvalue weighted by atomic mass is 16.5. The molecule has 19 heavy (non-hydrogen) atoms. The Morgan fingerprint density at radius 1 is 1.42 bits per heavy atom. The maximum Gasteiger partial charge on any atom is 0.311 e. The quantitative estimate of drug-likeness (QED) is 0.652. The zero-order chi connectivity index (χ0) is 14.5. The fourth-order valence-electron chi connectivity index (χ4n) is 2.31. The highest BCUT2D eigenvalue weighted by Gasteiger charge is 2.36. The highest BCUT2D eigenvalue weighted by Crippen LogP contribution is 2.30. The number of anilines is 1. The van der Waals surface area contributed by atoms with E-state index in [2.05, 4.69) is 0 Å². The van der Waals surface area contributed by atoms with Gasteiger partial charge in [-0.15, -0.1) is 0 Å². The fraction of sp³-hybridized carbons (Fsp3) is 0.500. The second-order valence-corrected chi connectivity index (χ2v) is 4.83. The Labute approximate surface area is 113 Å². The molecule has 0 amide bonds. The molecule has 5 heteroatoms. The van der Waals surface area contributed by atoms with Gasteiger partial charge >= 0.3 is 5.97 Å². The van der Waals surface area contributed by atoms with E-state index < -0.39 is 11.4 Å². The van der Waals surface area contributed by atoms with Crippen LogP contribution in [0.4, 0.5) is 5.69 Å². The number of hydrogen-bond acceptors (Lipinski definition) is 4. The molecule has 0 radical (unpaired) electrons. The smallest absolute Gasteiger partial charge is 0.311 e. The number of carboxylic acid groups (broad SMARTS) is 1. The topological polar surface area (TPSA) is 98.6 Å². The van der Waals surface area contributed by atoms with Gasteiger partial charge in [-0.3, -0.25) is 4.79 Å². The van der Waals surface area contributed by atoms with E-state index in [1.165, 1.54) is 0 Å². The minimum atomic E-state index is -0.937. The molecular weight excluding hydrogens is 244 g/mol. The van der Waals surface area contributed by atoms with Crippen LogP contribution in [0.25, 0.3) is 0 Å². The lowest BCUT2D eigenvalue weighted by molar-refractivity contribution is -0.148. The van der Waals surface area contributed by atoms with Crippen molar-refractivity contribution in [2.24, 2.45) is 11.1 Å². The van der Waals surface area contributed by atoms with Crippen molar-refractivity contribution >= 4 is 11.7 Å². The van der Waals surface area contributed by atoms with Gasteiger partial charge in [0.25, 0.3) is 0 Å². The predicted molar refractivity (Wildman–Crippen MR) is 75.1 cm³/mol. The van der Waals surface area contributed by atoms with Crippen molar-refractivity contribution in [2.45, 2.75) is 26.2 Å². The van der Waals surface area contributed by atoms with Crippen molar-refractivity contribution in [3.63, 3.8) is 0 Å². The van der Waals surface area contributed by atoms with E-state index in [1.807, 2.05) is 6.92 Å². The summed E-state index contributed by atoms with van der Waals surface area (Å²) in [5.74, 6) is -0.235.